The highest BCUT2D eigenvalue weighted by Crippen LogP contribution is 2.20. The van der Waals surface area contributed by atoms with E-state index < -0.39 is 0 Å². The lowest BCUT2D eigenvalue weighted by molar-refractivity contribution is -0.143. The van der Waals surface area contributed by atoms with Crippen LogP contribution in [0.3, 0.4) is 0 Å². The number of nitrogens with one attached hydrogen (secondary N) is 1. The lowest BCUT2D eigenvalue weighted by Crippen LogP contribution is -2.08. The van der Waals surface area contributed by atoms with Gasteiger partial charge in [0.25, 0.3) is 0 Å². The maximum absolute atomic E-state index is 11.0. The van der Waals surface area contributed by atoms with Gasteiger partial charge in [0, 0.05) is 17.8 Å². The first-order chi connectivity index (χ1) is 7.63. The zero-order valence-electron chi connectivity index (χ0n) is 10.0. The fourth-order valence-corrected chi connectivity index (χ4v) is 2.05. The summed E-state index contributed by atoms with van der Waals surface area (Å²) in [6.07, 6.45) is 1.24. The van der Waals surface area contributed by atoms with Crippen LogP contribution < -0.4 is 5.32 Å². The van der Waals surface area contributed by atoms with Gasteiger partial charge in [-0.05, 0) is 27.2 Å². The van der Waals surface area contributed by atoms with E-state index in [1.165, 1.54) is 4.88 Å². The van der Waals surface area contributed by atoms with Crippen molar-refractivity contribution in [1.82, 2.24) is 4.98 Å². The Morgan fingerprint density at radius 2 is 2.25 bits per heavy atom. The predicted molar refractivity (Wildman–Crippen MR) is 65.9 cm³/mol. The van der Waals surface area contributed by atoms with Crippen LogP contribution in [0.15, 0.2) is 0 Å². The summed E-state index contributed by atoms with van der Waals surface area (Å²) in [5, 5.41) is 4.13. The Bertz CT molecular complexity index is 330. The number of carbonyl (C=O) groups is 1. The van der Waals surface area contributed by atoms with Crippen LogP contribution in [-0.4, -0.2) is 24.1 Å². The maximum Gasteiger partial charge on any atom is 0.305 e. The molecule has 0 bridgehead atoms. The monoisotopic (exact) mass is 242 g/mol. The van der Waals surface area contributed by atoms with Crippen molar-refractivity contribution in [2.75, 3.05) is 18.5 Å². The Balaban J connectivity index is 2.18. The highest BCUT2D eigenvalue weighted by Gasteiger charge is 2.04. The molecule has 5 heteroatoms. The molecule has 0 unspecified atom stereocenters. The van der Waals surface area contributed by atoms with Crippen molar-refractivity contribution in [3.05, 3.63) is 10.6 Å². The molecule has 1 heterocycles. The van der Waals surface area contributed by atoms with Gasteiger partial charge in [0.05, 0.1) is 12.3 Å². The summed E-state index contributed by atoms with van der Waals surface area (Å²) in [5.74, 6) is -0.129. The average molecular weight is 242 g/mol. The van der Waals surface area contributed by atoms with Gasteiger partial charge < -0.3 is 10.1 Å². The van der Waals surface area contributed by atoms with Crippen molar-refractivity contribution in [2.45, 2.75) is 33.6 Å². The molecule has 16 heavy (non-hydrogen) atoms. The highest BCUT2D eigenvalue weighted by molar-refractivity contribution is 7.15. The normalized spacial score (nSPS) is 10.2. The Hall–Kier alpha value is -1.10. The smallest absolute Gasteiger partial charge is 0.305 e. The molecule has 0 amide bonds. The van der Waals surface area contributed by atoms with Gasteiger partial charge in [-0.2, -0.15) is 0 Å². The average Bonchev–Trinajstić information content (AvgIpc) is 2.54. The van der Waals surface area contributed by atoms with Gasteiger partial charge in [-0.25, -0.2) is 4.98 Å². The minimum absolute atomic E-state index is 0.129. The molecule has 0 saturated carbocycles. The third-order valence-electron chi connectivity index (χ3n) is 2.17. The van der Waals surface area contributed by atoms with E-state index in [4.69, 9.17) is 4.74 Å². The van der Waals surface area contributed by atoms with Crippen LogP contribution in [0, 0.1) is 13.8 Å². The summed E-state index contributed by atoms with van der Waals surface area (Å²) in [6.45, 7) is 7.08. The molecule has 1 rings (SSSR count). The molecule has 90 valence electrons. The van der Waals surface area contributed by atoms with Crippen LogP contribution in [-0.2, 0) is 9.53 Å². The molecule has 4 nitrogen and oxygen atoms in total. The number of rotatable bonds is 6. The second-order valence-electron chi connectivity index (χ2n) is 3.50. The quantitative estimate of drug-likeness (QED) is 0.615. The van der Waals surface area contributed by atoms with Crippen molar-refractivity contribution >= 4 is 22.4 Å². The second kappa shape index (κ2) is 6.48. The third-order valence-corrected chi connectivity index (χ3v) is 3.20. The second-order valence-corrected chi connectivity index (χ2v) is 4.70. The number of anilines is 1. The topological polar surface area (TPSA) is 51.2 Å². The van der Waals surface area contributed by atoms with Crippen LogP contribution in [0.5, 0.6) is 0 Å². The minimum Gasteiger partial charge on any atom is -0.466 e. The summed E-state index contributed by atoms with van der Waals surface area (Å²) in [7, 11) is 0. The standard InChI is InChI=1S/C11H18N2O2S/c1-4-15-10(14)6-5-7-12-11-13-8(2)9(3)16-11/h4-7H2,1-3H3,(H,12,13). The van der Waals surface area contributed by atoms with Crippen LogP contribution >= 0.6 is 11.3 Å². The maximum atomic E-state index is 11.0. The number of esters is 1. The molecule has 0 aromatic carbocycles. The highest BCUT2D eigenvalue weighted by atomic mass is 32.1. The molecular formula is C11H18N2O2S. The molecule has 0 spiro atoms. The van der Waals surface area contributed by atoms with Crippen molar-refractivity contribution < 1.29 is 9.53 Å². The lowest BCUT2D eigenvalue weighted by Gasteiger charge is -2.02. The molecule has 0 aliphatic carbocycles. The van der Waals surface area contributed by atoms with E-state index in [1.54, 1.807) is 11.3 Å². The summed E-state index contributed by atoms with van der Waals surface area (Å²) < 4.78 is 4.84. The van der Waals surface area contributed by atoms with Crippen LogP contribution in [0.25, 0.3) is 0 Å². The number of hydrogen-bond donors (Lipinski definition) is 1. The van der Waals surface area contributed by atoms with Gasteiger partial charge in [0.2, 0.25) is 0 Å². The van der Waals surface area contributed by atoms with E-state index in [9.17, 15) is 4.79 Å². The van der Waals surface area contributed by atoms with Gasteiger partial charge >= 0.3 is 5.97 Å². The number of ether oxygens (including phenoxy) is 1. The van der Waals surface area contributed by atoms with Crippen molar-refractivity contribution in [3.8, 4) is 0 Å². The zero-order chi connectivity index (χ0) is 12.0. The van der Waals surface area contributed by atoms with Crippen molar-refractivity contribution in [3.63, 3.8) is 0 Å². The summed E-state index contributed by atoms with van der Waals surface area (Å²) in [5.41, 5.74) is 1.07. The molecule has 0 atom stereocenters. The Kier molecular flexibility index (Phi) is 5.25. The molecule has 1 aromatic heterocycles. The number of aryl methyl sites for hydroxylation is 2. The van der Waals surface area contributed by atoms with E-state index in [0.29, 0.717) is 13.0 Å². The molecule has 0 aliphatic rings. The molecule has 0 radical (unpaired) electrons. The van der Waals surface area contributed by atoms with E-state index in [1.807, 2.05) is 13.8 Å². The number of hydrogen-bond acceptors (Lipinski definition) is 5. The number of nitrogens with zero attached hydrogens (tertiary/aromatic N) is 1. The molecular weight excluding hydrogens is 224 g/mol. The summed E-state index contributed by atoms with van der Waals surface area (Å²) >= 11 is 1.65. The first-order valence-corrected chi connectivity index (χ1v) is 6.28. The fraction of sp³-hybridized carbons (Fsp3) is 0.636. The Labute approximate surface area is 100 Å². The van der Waals surface area contributed by atoms with Crippen LogP contribution in [0.2, 0.25) is 0 Å². The Morgan fingerprint density at radius 1 is 1.50 bits per heavy atom. The number of aromatic nitrogens is 1. The van der Waals surface area contributed by atoms with E-state index in [2.05, 4.69) is 17.2 Å². The third kappa shape index (κ3) is 4.18. The minimum atomic E-state index is -0.129. The number of thiazole rings is 1. The zero-order valence-corrected chi connectivity index (χ0v) is 10.8. The van der Waals surface area contributed by atoms with Crippen molar-refractivity contribution in [2.24, 2.45) is 0 Å². The van der Waals surface area contributed by atoms with Gasteiger partial charge in [-0.1, -0.05) is 0 Å². The fourth-order valence-electron chi connectivity index (χ4n) is 1.21. The van der Waals surface area contributed by atoms with Gasteiger partial charge in [-0.3, -0.25) is 4.79 Å². The lowest BCUT2D eigenvalue weighted by atomic mass is 10.3. The van der Waals surface area contributed by atoms with Gasteiger partial charge in [0.15, 0.2) is 5.13 Å². The summed E-state index contributed by atoms with van der Waals surface area (Å²) in [4.78, 5) is 16.6. The van der Waals surface area contributed by atoms with Crippen molar-refractivity contribution in [1.29, 1.82) is 0 Å². The van der Waals surface area contributed by atoms with E-state index >= 15 is 0 Å². The summed E-state index contributed by atoms with van der Waals surface area (Å²) in [6, 6.07) is 0. The molecule has 1 aromatic rings. The first-order valence-electron chi connectivity index (χ1n) is 5.47. The number of carbonyl (C=O) groups excluding carboxylic acids is 1. The SMILES string of the molecule is CCOC(=O)CCCNc1nc(C)c(C)s1. The van der Waals surface area contributed by atoms with Gasteiger partial charge in [0.1, 0.15) is 0 Å². The van der Waals surface area contributed by atoms with E-state index in [-0.39, 0.29) is 5.97 Å². The van der Waals surface area contributed by atoms with Crippen LogP contribution in [0.1, 0.15) is 30.3 Å². The molecule has 1 N–H and O–H groups in total. The first kappa shape index (κ1) is 13.0. The largest absolute Gasteiger partial charge is 0.466 e. The molecule has 0 saturated heterocycles. The molecule has 0 aliphatic heterocycles. The Morgan fingerprint density at radius 3 is 2.81 bits per heavy atom. The molecule has 0 fully saturated rings. The predicted octanol–water partition coefficient (Wildman–Crippen LogP) is 2.52. The van der Waals surface area contributed by atoms with E-state index in [0.717, 1.165) is 23.8 Å². The van der Waals surface area contributed by atoms with Crippen LogP contribution in [0.4, 0.5) is 5.13 Å². The van der Waals surface area contributed by atoms with Gasteiger partial charge in [-0.15, -0.1) is 11.3 Å².